The molecule has 2 heterocycles. The first-order chi connectivity index (χ1) is 8.61. The van der Waals surface area contributed by atoms with E-state index in [9.17, 15) is 0 Å². The summed E-state index contributed by atoms with van der Waals surface area (Å²) in [5.74, 6) is 0.916. The number of hydrogen-bond acceptors (Lipinski definition) is 4. The molecule has 1 fully saturated rings. The second kappa shape index (κ2) is 6.12. The lowest BCUT2D eigenvalue weighted by atomic mass is 10.2. The summed E-state index contributed by atoms with van der Waals surface area (Å²) in [7, 11) is 2.15. The number of rotatable bonds is 3. The van der Waals surface area contributed by atoms with Gasteiger partial charge in [-0.15, -0.1) is 0 Å². The maximum atomic E-state index is 5.32. The Morgan fingerprint density at radius 1 is 1.33 bits per heavy atom. The molecule has 0 radical (unpaired) electrons. The molecule has 6 heteroatoms. The van der Waals surface area contributed by atoms with E-state index in [2.05, 4.69) is 49.7 Å². The van der Waals surface area contributed by atoms with Crippen LogP contribution in [0.15, 0.2) is 4.47 Å². The number of aromatic nitrogens is 2. The highest BCUT2D eigenvalue weighted by molar-refractivity contribution is 9.10. The molecule has 0 amide bonds. The number of nitrogens with one attached hydrogen (secondary N) is 1. The number of anilines is 1. The zero-order valence-corrected chi connectivity index (χ0v) is 13.3. The van der Waals surface area contributed by atoms with Gasteiger partial charge in [0.2, 0.25) is 5.95 Å². The van der Waals surface area contributed by atoms with E-state index in [1.165, 1.54) is 0 Å². The molecule has 2 rings (SSSR count). The van der Waals surface area contributed by atoms with Gasteiger partial charge in [0.1, 0.15) is 4.64 Å². The first-order valence-electron chi connectivity index (χ1n) is 6.34. The Morgan fingerprint density at radius 2 is 2.00 bits per heavy atom. The van der Waals surface area contributed by atoms with Crippen LogP contribution in [0, 0.1) is 4.64 Å². The van der Waals surface area contributed by atoms with Crippen LogP contribution in [0.1, 0.15) is 19.0 Å². The van der Waals surface area contributed by atoms with Crippen LogP contribution >= 0.6 is 28.1 Å². The lowest BCUT2D eigenvalue weighted by Gasteiger charge is -2.33. The highest BCUT2D eigenvalue weighted by Crippen LogP contribution is 2.21. The van der Waals surface area contributed by atoms with Gasteiger partial charge in [-0.1, -0.05) is 25.6 Å². The van der Waals surface area contributed by atoms with Crippen LogP contribution in [0.4, 0.5) is 5.95 Å². The molecule has 1 N–H and O–H groups in total. The van der Waals surface area contributed by atoms with Gasteiger partial charge in [-0.25, -0.2) is 4.98 Å². The molecule has 0 unspecified atom stereocenters. The van der Waals surface area contributed by atoms with E-state index < -0.39 is 0 Å². The Morgan fingerprint density at radius 3 is 2.61 bits per heavy atom. The predicted molar refractivity (Wildman–Crippen MR) is 80.8 cm³/mol. The van der Waals surface area contributed by atoms with E-state index in [4.69, 9.17) is 12.2 Å². The molecule has 1 aromatic heterocycles. The van der Waals surface area contributed by atoms with Crippen molar-refractivity contribution in [1.82, 2.24) is 14.9 Å². The van der Waals surface area contributed by atoms with E-state index in [0.29, 0.717) is 4.64 Å². The molecule has 18 heavy (non-hydrogen) atoms. The van der Waals surface area contributed by atoms with Crippen molar-refractivity contribution in [2.45, 2.75) is 19.8 Å². The summed E-state index contributed by atoms with van der Waals surface area (Å²) in [5, 5.41) is 0. The van der Waals surface area contributed by atoms with Crippen LogP contribution in [0.25, 0.3) is 0 Å². The molecule has 1 aromatic rings. The third kappa shape index (κ3) is 3.10. The number of aryl methyl sites for hydroxylation is 1. The number of nitrogens with zero attached hydrogens (tertiary/aromatic N) is 3. The van der Waals surface area contributed by atoms with Gasteiger partial charge in [0, 0.05) is 31.9 Å². The average molecular weight is 331 g/mol. The SMILES string of the molecule is CCCc1[nH]c(N2CCN(C)CC2)nc(=S)c1Br. The van der Waals surface area contributed by atoms with E-state index in [1.807, 2.05) is 0 Å². The summed E-state index contributed by atoms with van der Waals surface area (Å²) < 4.78 is 1.60. The molecule has 100 valence electrons. The van der Waals surface area contributed by atoms with Crippen LogP contribution < -0.4 is 4.90 Å². The zero-order valence-electron chi connectivity index (χ0n) is 10.9. The van der Waals surface area contributed by atoms with Crippen LogP contribution in [-0.2, 0) is 6.42 Å². The zero-order chi connectivity index (χ0) is 13.1. The average Bonchev–Trinajstić information content (AvgIpc) is 2.36. The van der Waals surface area contributed by atoms with Crippen molar-refractivity contribution in [3.8, 4) is 0 Å². The molecular weight excluding hydrogens is 312 g/mol. The number of aromatic amines is 1. The minimum Gasteiger partial charge on any atom is -0.340 e. The highest BCUT2D eigenvalue weighted by Gasteiger charge is 2.17. The molecule has 0 aliphatic carbocycles. The fraction of sp³-hybridized carbons (Fsp3) is 0.667. The van der Waals surface area contributed by atoms with Crippen LogP contribution in [0.3, 0.4) is 0 Å². The molecule has 4 nitrogen and oxygen atoms in total. The van der Waals surface area contributed by atoms with E-state index in [-0.39, 0.29) is 0 Å². The van der Waals surface area contributed by atoms with Gasteiger partial charge in [0.15, 0.2) is 0 Å². The fourth-order valence-corrected chi connectivity index (χ4v) is 2.68. The molecule has 0 aromatic carbocycles. The van der Waals surface area contributed by atoms with Crippen molar-refractivity contribution in [1.29, 1.82) is 0 Å². The first kappa shape index (κ1) is 14.0. The Kier molecular flexibility index (Phi) is 4.75. The molecular formula is C12H19BrN4S. The number of piperazine rings is 1. The Hall–Kier alpha value is -0.460. The van der Waals surface area contributed by atoms with Crippen molar-refractivity contribution in [3.63, 3.8) is 0 Å². The largest absolute Gasteiger partial charge is 0.340 e. The van der Waals surface area contributed by atoms with Gasteiger partial charge in [-0.05, 0) is 29.4 Å². The fourth-order valence-electron chi connectivity index (χ4n) is 2.08. The van der Waals surface area contributed by atoms with E-state index in [0.717, 1.165) is 55.1 Å². The minimum absolute atomic E-state index is 0.658. The summed E-state index contributed by atoms with van der Waals surface area (Å²) in [4.78, 5) is 12.5. The smallest absolute Gasteiger partial charge is 0.204 e. The standard InChI is InChI=1S/C12H19BrN4S/c1-3-4-9-10(13)11(18)15-12(14-9)17-7-5-16(2)6-8-17/h3-8H2,1-2H3,(H,14,15,18). The summed E-state index contributed by atoms with van der Waals surface area (Å²) in [6.45, 7) is 6.31. The molecule has 0 atom stereocenters. The lowest BCUT2D eigenvalue weighted by Crippen LogP contribution is -2.45. The maximum Gasteiger partial charge on any atom is 0.204 e. The Bertz CT molecular complexity index is 466. The first-order valence-corrected chi connectivity index (χ1v) is 7.54. The summed E-state index contributed by atoms with van der Waals surface area (Å²) >= 11 is 8.84. The number of H-pyrrole nitrogens is 1. The van der Waals surface area contributed by atoms with Gasteiger partial charge in [-0.3, -0.25) is 0 Å². The van der Waals surface area contributed by atoms with Crippen molar-refractivity contribution in [3.05, 3.63) is 14.8 Å². The van der Waals surface area contributed by atoms with Crippen LogP contribution in [-0.4, -0.2) is 48.1 Å². The van der Waals surface area contributed by atoms with Crippen molar-refractivity contribution < 1.29 is 0 Å². The van der Waals surface area contributed by atoms with Crippen LogP contribution in [0.2, 0.25) is 0 Å². The van der Waals surface area contributed by atoms with E-state index >= 15 is 0 Å². The molecule has 1 aliphatic rings. The van der Waals surface area contributed by atoms with Gasteiger partial charge in [0.25, 0.3) is 0 Å². The van der Waals surface area contributed by atoms with Crippen molar-refractivity contribution in [2.75, 3.05) is 38.1 Å². The molecule has 0 spiro atoms. The molecule has 0 saturated carbocycles. The van der Waals surface area contributed by atoms with Gasteiger partial charge >= 0.3 is 0 Å². The number of likely N-dealkylation sites (N-methyl/N-ethyl adjacent to an activating group) is 1. The second-order valence-corrected chi connectivity index (χ2v) is 5.88. The Balaban J connectivity index is 2.25. The topological polar surface area (TPSA) is 35.2 Å². The van der Waals surface area contributed by atoms with E-state index in [1.54, 1.807) is 0 Å². The molecule has 1 saturated heterocycles. The number of halogens is 1. The second-order valence-electron chi connectivity index (χ2n) is 4.70. The lowest BCUT2D eigenvalue weighted by molar-refractivity contribution is 0.311. The third-order valence-corrected chi connectivity index (χ3v) is 4.64. The number of hydrogen-bond donors (Lipinski definition) is 1. The predicted octanol–water partition coefficient (Wildman–Crippen LogP) is 2.61. The van der Waals surface area contributed by atoms with Crippen LogP contribution in [0.5, 0.6) is 0 Å². The van der Waals surface area contributed by atoms with Gasteiger partial charge in [0.05, 0.1) is 4.47 Å². The van der Waals surface area contributed by atoms with Crippen molar-refractivity contribution >= 4 is 34.1 Å². The highest BCUT2D eigenvalue weighted by atomic mass is 79.9. The summed E-state index contributed by atoms with van der Waals surface area (Å²) in [6.07, 6.45) is 2.09. The summed E-state index contributed by atoms with van der Waals surface area (Å²) in [5.41, 5.74) is 1.16. The normalized spacial score (nSPS) is 17.2. The quantitative estimate of drug-likeness (QED) is 0.864. The maximum absolute atomic E-state index is 5.32. The van der Waals surface area contributed by atoms with Gasteiger partial charge < -0.3 is 14.8 Å². The monoisotopic (exact) mass is 330 g/mol. The van der Waals surface area contributed by atoms with Gasteiger partial charge in [-0.2, -0.15) is 0 Å². The Labute approximate surface area is 122 Å². The third-order valence-electron chi connectivity index (χ3n) is 3.23. The minimum atomic E-state index is 0.658. The summed E-state index contributed by atoms with van der Waals surface area (Å²) in [6, 6.07) is 0. The molecule has 1 aliphatic heterocycles. The molecule has 0 bridgehead atoms. The van der Waals surface area contributed by atoms with Crippen molar-refractivity contribution in [2.24, 2.45) is 0 Å².